The van der Waals surface area contributed by atoms with E-state index in [1.54, 1.807) is 0 Å². The summed E-state index contributed by atoms with van der Waals surface area (Å²) in [6.07, 6.45) is 2.38. The fourth-order valence-electron chi connectivity index (χ4n) is 2.71. The molecule has 1 aromatic carbocycles. The van der Waals surface area contributed by atoms with E-state index in [4.69, 9.17) is 0 Å². The molecular weight excluding hydrogens is 438 g/mol. The van der Waals surface area contributed by atoms with Gasteiger partial charge in [-0.15, -0.1) is 0 Å². The van der Waals surface area contributed by atoms with Crippen molar-refractivity contribution >= 4 is 49.9 Å². The first-order valence-electron chi connectivity index (χ1n) is 8.96. The maximum absolute atomic E-state index is 11.5. The number of ether oxygens (including phenoxy) is 1. The Balaban J connectivity index is 0.000000169. The summed E-state index contributed by atoms with van der Waals surface area (Å²) in [7, 11) is 2.78. The van der Waals surface area contributed by atoms with E-state index in [0.717, 1.165) is 24.9 Å². The van der Waals surface area contributed by atoms with Crippen LogP contribution in [0.3, 0.4) is 0 Å². The van der Waals surface area contributed by atoms with Crippen LogP contribution in [0.5, 0.6) is 0 Å². The number of benzene rings is 1. The first kappa shape index (κ1) is 21.9. The Labute approximate surface area is 179 Å². The molecule has 29 heavy (non-hydrogen) atoms. The molecule has 12 heteroatoms. The minimum Gasteiger partial charge on any atom is -0.390 e. The number of nitrogens with one attached hydrogen (secondary N) is 1. The highest BCUT2D eigenvalue weighted by Crippen LogP contribution is 2.35. The lowest BCUT2D eigenvalue weighted by Gasteiger charge is -2.25. The minimum absolute atomic E-state index is 0.0121. The highest BCUT2D eigenvalue weighted by atomic mass is 33.1. The van der Waals surface area contributed by atoms with Gasteiger partial charge in [-0.2, -0.15) is 0 Å². The van der Waals surface area contributed by atoms with Gasteiger partial charge in [0.15, 0.2) is 0 Å². The lowest BCUT2D eigenvalue weighted by molar-refractivity contribution is -0.574. The van der Waals surface area contributed by atoms with Crippen LogP contribution >= 0.6 is 33.5 Å². The molecule has 0 spiro atoms. The Bertz CT molecular complexity index is 785. The molecule has 9 nitrogen and oxygen atoms in total. The molecule has 2 bridgehead atoms. The molecule has 0 radical (unpaired) electrons. The van der Waals surface area contributed by atoms with Crippen LogP contribution in [-0.4, -0.2) is 50.4 Å². The van der Waals surface area contributed by atoms with Crippen LogP contribution in [0.15, 0.2) is 24.3 Å². The van der Waals surface area contributed by atoms with Crippen molar-refractivity contribution in [2.45, 2.75) is 30.7 Å². The highest BCUT2D eigenvalue weighted by Gasteiger charge is 2.32. The average Bonchev–Trinajstić information content (AvgIpc) is 2.99. The van der Waals surface area contributed by atoms with E-state index in [9.17, 15) is 24.5 Å². The van der Waals surface area contributed by atoms with Crippen molar-refractivity contribution in [1.29, 1.82) is 0 Å². The molecule has 5 rings (SSSR count). The number of hydrogen-bond acceptors (Lipinski definition) is 10. The molecule has 1 N–H and O–H groups in total. The molecule has 4 aliphatic rings. The molecule has 1 amide bonds. The Morgan fingerprint density at radius 1 is 1.17 bits per heavy atom. The van der Waals surface area contributed by atoms with Crippen molar-refractivity contribution in [2.24, 2.45) is 0 Å². The van der Waals surface area contributed by atoms with E-state index in [2.05, 4.69) is 14.4 Å². The summed E-state index contributed by atoms with van der Waals surface area (Å²) in [4.78, 5) is 43.4. The molecule has 2 saturated heterocycles. The lowest BCUT2D eigenvalue weighted by atomic mass is 10.1. The first-order valence-corrected chi connectivity index (χ1v) is 11.9. The van der Waals surface area contributed by atoms with Crippen LogP contribution in [-0.2, 0) is 9.53 Å². The van der Waals surface area contributed by atoms with Crippen LogP contribution in [0.25, 0.3) is 0 Å². The van der Waals surface area contributed by atoms with Crippen LogP contribution < -0.4 is 5.32 Å². The molecule has 4 heterocycles. The number of fused-ring (bicyclic) bond motifs is 4. The van der Waals surface area contributed by atoms with Gasteiger partial charge in [0, 0.05) is 41.4 Å². The summed E-state index contributed by atoms with van der Waals surface area (Å²) in [5.74, 6) is -0.663. The highest BCUT2D eigenvalue weighted by molar-refractivity contribution is 8.85. The van der Waals surface area contributed by atoms with Crippen molar-refractivity contribution in [3.8, 4) is 0 Å². The summed E-state index contributed by atoms with van der Waals surface area (Å²) < 4.78 is 6.89. The fourth-order valence-corrected chi connectivity index (χ4v) is 5.95. The topological polar surface area (TPSA) is 119 Å². The number of nitro groups is 1. The summed E-state index contributed by atoms with van der Waals surface area (Å²) in [6, 6.07) is 6.07. The Morgan fingerprint density at radius 3 is 2.41 bits per heavy atom. The predicted octanol–water partition coefficient (Wildman–Crippen LogP) is 3.25. The number of hydrogen-bond donors (Lipinski definition) is 1. The van der Waals surface area contributed by atoms with Gasteiger partial charge in [0.1, 0.15) is 5.25 Å². The second-order valence-electron chi connectivity index (χ2n) is 6.41. The summed E-state index contributed by atoms with van der Waals surface area (Å²) in [6.45, 7) is 2.77. The van der Waals surface area contributed by atoms with Gasteiger partial charge in [-0.05, 0) is 37.1 Å². The first-order chi connectivity index (χ1) is 13.9. The van der Waals surface area contributed by atoms with E-state index >= 15 is 0 Å². The zero-order valence-electron chi connectivity index (χ0n) is 15.3. The van der Waals surface area contributed by atoms with Gasteiger partial charge in [0.25, 0.3) is 4.45 Å². The number of esters is 1. The van der Waals surface area contributed by atoms with Crippen LogP contribution in [0, 0.1) is 10.1 Å². The lowest BCUT2D eigenvalue weighted by Crippen LogP contribution is -2.51. The zero-order valence-corrected chi connectivity index (χ0v) is 17.7. The SMILES string of the molecule is O=C(SSN1CCCCC1)SC1CNC1=O.O=C1OC([N+](=O)[O-])c2ccc1cc2. The summed E-state index contributed by atoms with van der Waals surface area (Å²) in [5.41, 5.74) is 0.729. The number of carbonyl (C=O) groups is 3. The van der Waals surface area contributed by atoms with E-state index in [1.165, 1.54) is 65.3 Å². The van der Waals surface area contributed by atoms with E-state index in [0.29, 0.717) is 17.7 Å². The quantitative estimate of drug-likeness (QED) is 0.180. The van der Waals surface area contributed by atoms with Crippen molar-refractivity contribution < 1.29 is 24.0 Å². The molecule has 0 saturated carbocycles. The molecular formula is C17H19N3O6S3. The number of rotatable bonds is 4. The molecule has 2 fully saturated rings. The van der Waals surface area contributed by atoms with Crippen molar-refractivity contribution in [3.63, 3.8) is 0 Å². The third-order valence-electron chi connectivity index (χ3n) is 4.36. The van der Waals surface area contributed by atoms with Crippen molar-refractivity contribution in [1.82, 2.24) is 9.62 Å². The van der Waals surface area contributed by atoms with Gasteiger partial charge in [0.2, 0.25) is 5.91 Å². The number of carbonyl (C=O) groups excluding carboxylic acids is 3. The van der Waals surface area contributed by atoms with Crippen molar-refractivity contribution in [2.75, 3.05) is 19.6 Å². The van der Waals surface area contributed by atoms with Gasteiger partial charge in [-0.25, -0.2) is 9.10 Å². The monoisotopic (exact) mass is 457 g/mol. The molecule has 4 aliphatic heterocycles. The van der Waals surface area contributed by atoms with Gasteiger partial charge < -0.3 is 10.1 Å². The van der Waals surface area contributed by atoms with Gasteiger partial charge in [-0.3, -0.25) is 19.7 Å². The Kier molecular flexibility index (Phi) is 7.81. The number of amides is 1. The molecule has 0 aromatic heterocycles. The molecule has 0 aliphatic carbocycles. The Morgan fingerprint density at radius 2 is 1.86 bits per heavy atom. The normalized spacial score (nSPS) is 23.0. The Hall–Kier alpha value is -1.76. The zero-order chi connectivity index (χ0) is 20.8. The van der Waals surface area contributed by atoms with Gasteiger partial charge in [-0.1, -0.05) is 18.2 Å². The number of nitrogens with zero attached hydrogens (tertiary/aromatic N) is 2. The minimum atomic E-state index is -1.36. The number of β-lactam (4-membered cyclic amide) rings is 1. The number of thioether (sulfide) groups is 1. The van der Waals surface area contributed by atoms with Crippen LogP contribution in [0.1, 0.15) is 41.4 Å². The summed E-state index contributed by atoms with van der Waals surface area (Å²) >= 11 is 1.15. The standard InChI is InChI=1S/C9H14N2O2S3.C8H5NO4/c12-8-7(6-10-8)14-9(13)15-16-11-4-2-1-3-5-11;10-8-6-3-1-5(2-4-6)7(13-8)9(11)12/h7H,1-6H2,(H,10,12);1-4,7H. The van der Waals surface area contributed by atoms with Crippen LogP contribution in [0.2, 0.25) is 0 Å². The second kappa shape index (κ2) is 10.3. The molecule has 156 valence electrons. The van der Waals surface area contributed by atoms with Gasteiger partial charge >= 0.3 is 12.2 Å². The number of piperidine rings is 1. The largest absolute Gasteiger partial charge is 0.390 e. The van der Waals surface area contributed by atoms with E-state index < -0.39 is 17.1 Å². The molecule has 1 aromatic rings. The van der Waals surface area contributed by atoms with Crippen molar-refractivity contribution in [3.05, 3.63) is 45.5 Å². The third-order valence-corrected chi connectivity index (χ3v) is 8.17. The van der Waals surface area contributed by atoms with E-state index in [-0.39, 0.29) is 15.6 Å². The predicted molar refractivity (Wildman–Crippen MR) is 112 cm³/mol. The second-order valence-corrected chi connectivity index (χ2v) is 10.00. The van der Waals surface area contributed by atoms with E-state index in [1.807, 2.05) is 0 Å². The maximum Gasteiger partial charge on any atom is 0.383 e. The summed E-state index contributed by atoms with van der Waals surface area (Å²) in [5, 5.41) is 13.0. The molecule has 2 atom stereocenters. The third kappa shape index (κ3) is 6.11. The van der Waals surface area contributed by atoms with Gasteiger partial charge in [0.05, 0.1) is 16.1 Å². The average molecular weight is 458 g/mol. The maximum atomic E-state index is 11.5. The fraction of sp³-hybridized carbons (Fsp3) is 0.471. The smallest absolute Gasteiger partial charge is 0.383 e. The van der Waals surface area contributed by atoms with Crippen LogP contribution in [0.4, 0.5) is 4.79 Å². The molecule has 2 unspecified atom stereocenters.